The van der Waals surface area contributed by atoms with Gasteiger partial charge in [-0.25, -0.2) is 4.98 Å². The number of hydrogen-bond donors (Lipinski definition) is 0. The Kier molecular flexibility index (Phi) is 6.00. The minimum Gasteiger partial charge on any atom is -0.326 e. The van der Waals surface area contributed by atoms with E-state index in [9.17, 15) is 14.9 Å². The van der Waals surface area contributed by atoms with Gasteiger partial charge in [0, 0.05) is 29.9 Å². The summed E-state index contributed by atoms with van der Waals surface area (Å²) >= 11 is 4.29. The molecular weight excluding hydrogens is 436 g/mol. The summed E-state index contributed by atoms with van der Waals surface area (Å²) in [5, 5.41) is 14.8. The predicted molar refractivity (Wildman–Crippen MR) is 123 cm³/mol. The first-order chi connectivity index (χ1) is 14.5. The van der Waals surface area contributed by atoms with Crippen LogP contribution < -0.4 is 5.56 Å². The number of carbonyl (C=O) groups is 1. The second-order valence-corrected chi connectivity index (χ2v) is 10.3. The van der Waals surface area contributed by atoms with Gasteiger partial charge in [0.1, 0.15) is 10.4 Å². The van der Waals surface area contributed by atoms with Gasteiger partial charge in [0.25, 0.3) is 5.56 Å². The number of aromatic nitrogens is 2. The molecule has 0 aliphatic heterocycles. The van der Waals surface area contributed by atoms with Crippen molar-refractivity contribution in [1.82, 2.24) is 14.5 Å². The number of nitriles is 1. The Morgan fingerprint density at radius 2 is 2.13 bits per heavy atom. The van der Waals surface area contributed by atoms with Crippen LogP contribution >= 0.6 is 34.4 Å². The van der Waals surface area contributed by atoms with E-state index < -0.39 is 5.54 Å². The van der Waals surface area contributed by atoms with Crippen LogP contribution in [-0.4, -0.2) is 38.7 Å². The Morgan fingerprint density at radius 3 is 2.80 bits per heavy atom. The Labute approximate surface area is 187 Å². The van der Waals surface area contributed by atoms with Gasteiger partial charge in [-0.05, 0) is 24.3 Å². The standard InChI is InChI=1S/C21H22N4O2S3/c1-24-19(27)17-14(15-7-6-10-28-15)11-29-18(17)23-20(24)30-12-16(26)25(2)21(13-22)8-4-3-5-9-21/h6-7,10-11H,3-5,8-9,12H2,1-2H3. The van der Waals surface area contributed by atoms with Gasteiger partial charge in [-0.2, -0.15) is 5.26 Å². The molecule has 0 aromatic carbocycles. The van der Waals surface area contributed by atoms with E-state index in [1.807, 2.05) is 22.9 Å². The smallest absolute Gasteiger partial charge is 0.263 e. The highest BCUT2D eigenvalue weighted by Crippen LogP contribution is 2.35. The van der Waals surface area contributed by atoms with Crippen molar-refractivity contribution in [2.24, 2.45) is 7.05 Å². The molecule has 0 saturated heterocycles. The number of thioether (sulfide) groups is 1. The van der Waals surface area contributed by atoms with Crippen molar-refractivity contribution in [1.29, 1.82) is 5.26 Å². The Balaban J connectivity index is 1.56. The van der Waals surface area contributed by atoms with E-state index >= 15 is 0 Å². The molecule has 0 bridgehead atoms. The molecule has 3 aromatic heterocycles. The van der Waals surface area contributed by atoms with E-state index in [1.54, 1.807) is 30.3 Å². The number of rotatable bonds is 5. The molecule has 3 aromatic rings. The number of nitrogens with zero attached hydrogens (tertiary/aromatic N) is 4. The molecule has 3 heterocycles. The zero-order valence-corrected chi connectivity index (χ0v) is 19.3. The third-order valence-electron chi connectivity index (χ3n) is 5.79. The van der Waals surface area contributed by atoms with E-state index in [1.165, 1.54) is 27.7 Å². The summed E-state index contributed by atoms with van der Waals surface area (Å²) < 4.78 is 1.52. The molecule has 156 valence electrons. The predicted octanol–water partition coefficient (Wildman–Crippen LogP) is 4.50. The zero-order chi connectivity index (χ0) is 21.3. The molecule has 0 radical (unpaired) electrons. The molecule has 1 saturated carbocycles. The second-order valence-electron chi connectivity index (χ2n) is 7.51. The van der Waals surface area contributed by atoms with E-state index in [-0.39, 0.29) is 17.2 Å². The maximum Gasteiger partial charge on any atom is 0.263 e. The van der Waals surface area contributed by atoms with Gasteiger partial charge in [-0.3, -0.25) is 14.2 Å². The van der Waals surface area contributed by atoms with Crippen LogP contribution in [0.15, 0.2) is 32.8 Å². The van der Waals surface area contributed by atoms with Crippen molar-refractivity contribution in [3.05, 3.63) is 33.2 Å². The molecule has 1 aliphatic carbocycles. The van der Waals surface area contributed by atoms with Crippen LogP contribution in [-0.2, 0) is 11.8 Å². The van der Waals surface area contributed by atoms with Gasteiger partial charge >= 0.3 is 0 Å². The first-order valence-electron chi connectivity index (χ1n) is 9.80. The summed E-state index contributed by atoms with van der Waals surface area (Å²) in [5.41, 5.74) is 0.107. The molecule has 1 aliphatic rings. The van der Waals surface area contributed by atoms with Crippen molar-refractivity contribution in [2.75, 3.05) is 12.8 Å². The van der Waals surface area contributed by atoms with Gasteiger partial charge in [-0.1, -0.05) is 37.1 Å². The van der Waals surface area contributed by atoms with Crippen LogP contribution in [0.3, 0.4) is 0 Å². The molecule has 6 nitrogen and oxygen atoms in total. The van der Waals surface area contributed by atoms with Gasteiger partial charge in [-0.15, -0.1) is 22.7 Å². The number of hydrogen-bond acceptors (Lipinski definition) is 7. The van der Waals surface area contributed by atoms with Crippen LogP contribution in [0.2, 0.25) is 0 Å². The highest BCUT2D eigenvalue weighted by Gasteiger charge is 2.38. The lowest BCUT2D eigenvalue weighted by atomic mass is 9.81. The lowest BCUT2D eigenvalue weighted by Gasteiger charge is -2.39. The van der Waals surface area contributed by atoms with Crippen molar-refractivity contribution >= 4 is 50.6 Å². The van der Waals surface area contributed by atoms with Crippen LogP contribution in [0, 0.1) is 11.3 Å². The molecule has 1 amide bonds. The minimum absolute atomic E-state index is 0.103. The molecule has 0 spiro atoms. The van der Waals surface area contributed by atoms with Crippen molar-refractivity contribution in [3.63, 3.8) is 0 Å². The van der Waals surface area contributed by atoms with E-state index in [0.29, 0.717) is 15.4 Å². The maximum absolute atomic E-state index is 13.0. The quantitative estimate of drug-likeness (QED) is 0.415. The SMILES string of the molecule is CN(C(=O)CSc1nc2scc(-c3cccs3)c2c(=O)n1C)C1(C#N)CCCCC1. The Bertz CT molecular complexity index is 1170. The molecular formula is C21H22N4O2S3. The summed E-state index contributed by atoms with van der Waals surface area (Å²) in [6.07, 6.45) is 4.49. The molecule has 30 heavy (non-hydrogen) atoms. The van der Waals surface area contributed by atoms with Crippen LogP contribution in [0.4, 0.5) is 0 Å². The molecule has 0 unspecified atom stereocenters. The van der Waals surface area contributed by atoms with E-state index in [2.05, 4.69) is 11.1 Å². The zero-order valence-electron chi connectivity index (χ0n) is 16.9. The third-order valence-corrected chi connectivity index (χ3v) is 8.58. The van der Waals surface area contributed by atoms with Gasteiger partial charge < -0.3 is 4.90 Å². The van der Waals surface area contributed by atoms with Crippen molar-refractivity contribution in [3.8, 4) is 16.5 Å². The van der Waals surface area contributed by atoms with E-state index in [0.717, 1.165) is 42.5 Å². The fourth-order valence-electron chi connectivity index (χ4n) is 3.92. The van der Waals surface area contributed by atoms with Crippen LogP contribution in [0.5, 0.6) is 0 Å². The molecule has 9 heteroatoms. The number of carbonyl (C=O) groups excluding carboxylic acids is 1. The Hall–Kier alpha value is -2.15. The van der Waals surface area contributed by atoms with Crippen molar-refractivity contribution in [2.45, 2.75) is 42.8 Å². The summed E-state index contributed by atoms with van der Waals surface area (Å²) in [7, 11) is 3.42. The monoisotopic (exact) mass is 458 g/mol. The van der Waals surface area contributed by atoms with Crippen LogP contribution in [0.1, 0.15) is 32.1 Å². The van der Waals surface area contributed by atoms with Gasteiger partial charge in [0.15, 0.2) is 5.16 Å². The number of fused-ring (bicyclic) bond motifs is 1. The van der Waals surface area contributed by atoms with Gasteiger partial charge in [0.05, 0.1) is 17.2 Å². The fraction of sp³-hybridized carbons (Fsp3) is 0.429. The fourth-order valence-corrected chi connectivity index (χ4v) is 6.60. The summed E-state index contributed by atoms with van der Waals surface area (Å²) in [6, 6.07) is 6.35. The summed E-state index contributed by atoms with van der Waals surface area (Å²) in [4.78, 5) is 33.9. The molecule has 0 atom stereocenters. The van der Waals surface area contributed by atoms with Crippen molar-refractivity contribution < 1.29 is 4.79 Å². The molecule has 1 fully saturated rings. The first-order valence-corrected chi connectivity index (χ1v) is 12.5. The third kappa shape index (κ3) is 3.68. The van der Waals surface area contributed by atoms with E-state index in [4.69, 9.17) is 0 Å². The molecule has 0 N–H and O–H groups in total. The topological polar surface area (TPSA) is 79.0 Å². The van der Waals surface area contributed by atoms with Gasteiger partial charge in [0.2, 0.25) is 5.91 Å². The normalized spacial score (nSPS) is 15.8. The molecule has 4 rings (SSSR count). The maximum atomic E-state index is 13.0. The largest absolute Gasteiger partial charge is 0.326 e. The number of thiophene rings is 2. The summed E-state index contributed by atoms with van der Waals surface area (Å²) in [6.45, 7) is 0. The lowest BCUT2D eigenvalue weighted by molar-refractivity contribution is -0.131. The second kappa shape index (κ2) is 8.53. The highest BCUT2D eigenvalue weighted by molar-refractivity contribution is 7.99. The average Bonchev–Trinajstić information content (AvgIpc) is 3.44. The first kappa shape index (κ1) is 21.1. The highest BCUT2D eigenvalue weighted by atomic mass is 32.2. The Morgan fingerprint density at radius 1 is 1.37 bits per heavy atom. The van der Waals surface area contributed by atoms with Crippen LogP contribution in [0.25, 0.3) is 20.7 Å². The number of amides is 1. The lowest BCUT2D eigenvalue weighted by Crippen LogP contribution is -2.50. The summed E-state index contributed by atoms with van der Waals surface area (Å²) in [5.74, 6) is 0.0396. The minimum atomic E-state index is -0.706. The average molecular weight is 459 g/mol.